The van der Waals surface area contributed by atoms with Gasteiger partial charge in [-0.2, -0.15) is 0 Å². The van der Waals surface area contributed by atoms with E-state index < -0.39 is 0 Å². The Morgan fingerprint density at radius 3 is 2.29 bits per heavy atom. The minimum absolute atomic E-state index is 0.00584. The molecule has 1 saturated carbocycles. The van der Waals surface area contributed by atoms with Crippen LogP contribution in [0.15, 0.2) is 51.2 Å². The lowest BCUT2D eigenvalue weighted by Gasteiger charge is -2.21. The van der Waals surface area contributed by atoms with Crippen LogP contribution in [0.2, 0.25) is 0 Å². The molecule has 6 nitrogen and oxygen atoms in total. The molecule has 1 aromatic rings. The topological polar surface area (TPSA) is 81.0 Å². The average molecular weight is 406 g/mol. The van der Waals surface area contributed by atoms with Crippen LogP contribution in [0.5, 0.6) is 0 Å². The lowest BCUT2D eigenvalue weighted by Crippen LogP contribution is -2.15. The monoisotopic (exact) mass is 406 g/mol. The molecule has 0 bridgehead atoms. The van der Waals surface area contributed by atoms with Crippen LogP contribution in [0, 0.1) is 61.5 Å². The van der Waals surface area contributed by atoms with Crippen LogP contribution < -0.4 is 0 Å². The van der Waals surface area contributed by atoms with Gasteiger partial charge in [0, 0.05) is 6.21 Å². The maximum absolute atomic E-state index is 9.51. The van der Waals surface area contributed by atoms with E-state index in [0.717, 1.165) is 41.8 Å². The van der Waals surface area contributed by atoms with E-state index in [1.54, 1.807) is 6.92 Å². The summed E-state index contributed by atoms with van der Waals surface area (Å²) in [7, 11) is 0. The van der Waals surface area contributed by atoms with Gasteiger partial charge in [0.1, 0.15) is 0 Å². The summed E-state index contributed by atoms with van der Waals surface area (Å²) in [5, 5.41) is 18.8. The van der Waals surface area contributed by atoms with Crippen LogP contribution in [-0.2, 0) is 0 Å². The van der Waals surface area contributed by atoms with Gasteiger partial charge in [0.15, 0.2) is 0 Å². The molecule has 0 saturated heterocycles. The van der Waals surface area contributed by atoms with Crippen molar-refractivity contribution in [1.29, 1.82) is 10.5 Å². The highest BCUT2D eigenvalue weighted by atomic mass is 14.8. The number of hydrogen-bond donors (Lipinski definition) is 0. The Morgan fingerprint density at radius 1 is 1.10 bits per heavy atom. The highest BCUT2D eigenvalue weighted by molar-refractivity contribution is 5.71. The molecule has 2 atom stereocenters. The molecule has 2 unspecified atom stereocenters. The first-order chi connectivity index (χ1) is 14.9. The van der Waals surface area contributed by atoms with E-state index in [1.165, 1.54) is 0 Å². The fourth-order valence-corrected chi connectivity index (χ4v) is 3.93. The third kappa shape index (κ3) is 5.04. The second-order valence-electron chi connectivity index (χ2n) is 7.36. The van der Waals surface area contributed by atoms with Gasteiger partial charge in [0.05, 0.1) is 36.7 Å². The van der Waals surface area contributed by atoms with Crippen molar-refractivity contribution in [2.45, 2.75) is 40.0 Å². The minimum atomic E-state index is -0.136. The number of hydrogen-bond acceptors (Lipinski definition) is 4. The van der Waals surface area contributed by atoms with Gasteiger partial charge in [-0.3, -0.25) is 4.99 Å². The zero-order valence-corrected chi connectivity index (χ0v) is 17.9. The van der Waals surface area contributed by atoms with Crippen LogP contribution in [0.1, 0.15) is 37.3 Å². The van der Waals surface area contributed by atoms with Crippen LogP contribution in [0.25, 0.3) is 9.69 Å². The summed E-state index contributed by atoms with van der Waals surface area (Å²) in [4.78, 5) is 15.5. The van der Waals surface area contributed by atoms with E-state index in [-0.39, 0.29) is 23.2 Å². The molecule has 0 amide bonds. The molecule has 1 fully saturated rings. The number of allylic oxidation sites excluding steroid dienone is 4. The van der Waals surface area contributed by atoms with E-state index in [1.807, 2.05) is 44.3 Å². The molecule has 2 rings (SSSR count). The average Bonchev–Trinajstić information content (AvgIpc) is 3.22. The van der Waals surface area contributed by atoms with Crippen molar-refractivity contribution in [2.75, 3.05) is 0 Å². The third-order valence-electron chi connectivity index (χ3n) is 5.51. The summed E-state index contributed by atoms with van der Waals surface area (Å²) in [6.07, 6.45) is 4.43. The molecular weight excluding hydrogens is 384 g/mol. The number of nitriles is 2. The summed E-state index contributed by atoms with van der Waals surface area (Å²) in [5.74, 6) is 2.42. The van der Waals surface area contributed by atoms with Gasteiger partial charge in [0.2, 0.25) is 0 Å². The maximum atomic E-state index is 9.51. The number of benzene rings is 1. The second kappa shape index (κ2) is 10.5. The van der Waals surface area contributed by atoms with Crippen LogP contribution in [-0.4, -0.2) is 12.1 Å². The van der Waals surface area contributed by atoms with Crippen molar-refractivity contribution in [3.8, 4) is 12.1 Å². The smallest absolute Gasteiger partial charge is 0.261 e. The van der Waals surface area contributed by atoms with Gasteiger partial charge < -0.3 is 0 Å². The Kier molecular flexibility index (Phi) is 7.83. The fraction of sp³-hybridized carbons (Fsp3) is 0.320. The van der Waals surface area contributed by atoms with Gasteiger partial charge in [-0.15, -0.1) is 0 Å². The first kappa shape index (κ1) is 23.1. The van der Waals surface area contributed by atoms with Crippen LogP contribution >= 0.6 is 0 Å². The second-order valence-corrected chi connectivity index (χ2v) is 7.36. The van der Waals surface area contributed by atoms with Crippen LogP contribution in [0.4, 0.5) is 11.4 Å². The molecule has 152 valence electrons. The number of nitrogens with zero attached hydrogens (tertiary/aromatic N) is 6. The van der Waals surface area contributed by atoms with E-state index in [9.17, 15) is 10.5 Å². The molecule has 1 aromatic carbocycles. The first-order valence-electron chi connectivity index (χ1n) is 9.80. The summed E-state index contributed by atoms with van der Waals surface area (Å²) >= 11 is 0. The maximum Gasteiger partial charge on any atom is 0.264 e. The Labute approximate surface area is 183 Å². The largest absolute Gasteiger partial charge is 0.264 e. The molecule has 0 radical (unpaired) electrons. The molecule has 6 heteroatoms. The molecule has 1 aliphatic rings. The van der Waals surface area contributed by atoms with Gasteiger partial charge >= 0.3 is 0 Å². The molecule has 0 spiro atoms. The van der Waals surface area contributed by atoms with E-state index in [4.69, 9.17) is 18.1 Å². The molecule has 1 aliphatic carbocycles. The number of aliphatic imine (C=N–C) groups is 2. The molecule has 0 aliphatic heterocycles. The Hall–Kier alpha value is -4.22. The molecule has 31 heavy (non-hydrogen) atoms. The van der Waals surface area contributed by atoms with Crippen molar-refractivity contribution >= 4 is 23.5 Å². The van der Waals surface area contributed by atoms with Crippen molar-refractivity contribution in [2.24, 2.45) is 21.8 Å². The predicted octanol–water partition coefficient (Wildman–Crippen LogP) is 6.32. The Balaban J connectivity index is 2.51. The molecule has 0 heterocycles. The minimum Gasteiger partial charge on any atom is -0.261 e. The van der Waals surface area contributed by atoms with Gasteiger partial charge in [0.25, 0.3) is 11.4 Å². The van der Waals surface area contributed by atoms with Gasteiger partial charge in [-0.25, -0.2) is 25.2 Å². The zero-order valence-electron chi connectivity index (χ0n) is 17.9. The summed E-state index contributed by atoms with van der Waals surface area (Å²) in [5.41, 5.74) is 4.33. The lowest BCUT2D eigenvalue weighted by atomic mass is 9.83. The van der Waals surface area contributed by atoms with Crippen LogP contribution in [0.3, 0.4) is 0 Å². The third-order valence-corrected chi connectivity index (χ3v) is 5.51. The molecule has 0 aromatic heterocycles. The van der Waals surface area contributed by atoms with Gasteiger partial charge in [-0.1, -0.05) is 6.42 Å². The number of rotatable bonds is 5. The highest BCUT2D eigenvalue weighted by Crippen LogP contribution is 2.41. The standard InChI is InChI=1S/C25H22N6/c1-7-30-21-11-17(3)22(12-16(21)2)31-15-19-9-8-10-20(19)25(24(14-27)29-6)18(4)23(13-26)28-5/h11-12,15,19-20H,1,8-10H2,2-4H3/b23-18-,25-24-,31-15?. The normalized spacial score (nSPS) is 19.2. The fourth-order valence-electron chi connectivity index (χ4n) is 3.93. The Morgan fingerprint density at radius 2 is 1.71 bits per heavy atom. The summed E-state index contributed by atoms with van der Waals surface area (Å²) in [6.45, 7) is 23.8. The van der Waals surface area contributed by atoms with E-state index >= 15 is 0 Å². The zero-order chi connectivity index (χ0) is 23.0. The van der Waals surface area contributed by atoms with E-state index in [2.05, 4.69) is 27.1 Å². The van der Waals surface area contributed by atoms with Gasteiger partial charge in [-0.05, 0) is 92.3 Å². The molecule has 0 N–H and O–H groups in total. The Bertz CT molecular complexity index is 1160. The first-order valence-corrected chi connectivity index (χ1v) is 9.80. The number of aryl methyl sites for hydroxylation is 2. The molecular formula is C25H22N6. The van der Waals surface area contributed by atoms with Crippen molar-refractivity contribution in [1.82, 2.24) is 0 Å². The predicted molar refractivity (Wildman–Crippen MR) is 122 cm³/mol. The van der Waals surface area contributed by atoms with E-state index in [0.29, 0.717) is 11.1 Å². The quantitative estimate of drug-likeness (QED) is 0.248. The lowest BCUT2D eigenvalue weighted by molar-refractivity contribution is 0.569. The van der Waals surface area contributed by atoms with Crippen molar-refractivity contribution in [3.63, 3.8) is 0 Å². The summed E-state index contributed by atoms with van der Waals surface area (Å²) < 4.78 is 0. The van der Waals surface area contributed by atoms with Crippen molar-refractivity contribution in [3.05, 3.63) is 75.2 Å². The SMILES string of the molecule is [C-]#[N+]/C(C#N)=C(C)\C(=C(/C#N)[N+]#[C-])C1CCCC1C=Nc1cc(C)c(N=C=C)cc1C. The highest BCUT2D eigenvalue weighted by Gasteiger charge is 2.32. The summed E-state index contributed by atoms with van der Waals surface area (Å²) in [6, 6.07) is 7.74. The van der Waals surface area contributed by atoms with Crippen molar-refractivity contribution < 1.29 is 0 Å².